The molecule has 1 aromatic heterocycles. The van der Waals surface area contributed by atoms with E-state index in [0.717, 1.165) is 35.3 Å². The van der Waals surface area contributed by atoms with Crippen molar-refractivity contribution in [3.8, 4) is 11.5 Å². The number of benzene rings is 2. The van der Waals surface area contributed by atoms with Gasteiger partial charge in [-0.15, -0.1) is 11.3 Å². The van der Waals surface area contributed by atoms with E-state index in [4.69, 9.17) is 14.5 Å². The number of aromatic nitrogens is 1. The van der Waals surface area contributed by atoms with Crippen LogP contribution in [0.1, 0.15) is 48.0 Å². The van der Waals surface area contributed by atoms with Crippen LogP contribution in [-0.2, 0) is 18.4 Å². The van der Waals surface area contributed by atoms with Gasteiger partial charge in [0.1, 0.15) is 0 Å². The Morgan fingerprint density at radius 2 is 1.71 bits per heavy atom. The minimum absolute atomic E-state index is 0.00798. The number of ether oxygens (including phenoxy) is 2. The summed E-state index contributed by atoms with van der Waals surface area (Å²) in [5, 5.41) is 4.48. The molecule has 0 amide bonds. The van der Waals surface area contributed by atoms with Gasteiger partial charge in [0.15, 0.2) is 16.6 Å². The summed E-state index contributed by atoms with van der Waals surface area (Å²) in [7, 11) is 0. The average Bonchev–Trinajstić information content (AvgIpc) is 3.27. The van der Waals surface area contributed by atoms with Crippen LogP contribution in [0.5, 0.6) is 11.5 Å². The van der Waals surface area contributed by atoms with Crippen LogP contribution in [0.3, 0.4) is 0 Å². The van der Waals surface area contributed by atoms with Crippen LogP contribution < -0.4 is 14.8 Å². The lowest BCUT2D eigenvalue weighted by Crippen LogP contribution is -2.14. The first kappa shape index (κ1) is 18.8. The highest BCUT2D eigenvalue weighted by atomic mass is 32.1. The van der Waals surface area contributed by atoms with Crippen molar-refractivity contribution in [3.05, 3.63) is 69.7 Å². The first-order chi connectivity index (χ1) is 13.4. The van der Waals surface area contributed by atoms with E-state index in [1.165, 1.54) is 21.6 Å². The van der Waals surface area contributed by atoms with Crippen molar-refractivity contribution in [2.45, 2.75) is 46.1 Å². The SMILES string of the molecule is Cc1ccc(CNc2nc(C(C)(C)C)c(Cc3ccc4c(c3)OCO4)s2)cc1. The lowest BCUT2D eigenvalue weighted by atomic mass is 9.90. The Hall–Kier alpha value is -2.53. The van der Waals surface area contributed by atoms with E-state index in [1.54, 1.807) is 11.3 Å². The highest BCUT2D eigenvalue weighted by Crippen LogP contribution is 2.37. The first-order valence-electron chi connectivity index (χ1n) is 9.56. The topological polar surface area (TPSA) is 43.4 Å². The van der Waals surface area contributed by atoms with Crippen molar-refractivity contribution in [1.29, 1.82) is 0 Å². The second-order valence-electron chi connectivity index (χ2n) is 8.24. The second kappa shape index (κ2) is 7.47. The van der Waals surface area contributed by atoms with Crippen molar-refractivity contribution in [1.82, 2.24) is 4.98 Å². The van der Waals surface area contributed by atoms with Crippen molar-refractivity contribution < 1.29 is 9.47 Å². The molecule has 3 aromatic rings. The molecular weight excluding hydrogens is 368 g/mol. The molecule has 146 valence electrons. The number of anilines is 1. The molecule has 4 nitrogen and oxygen atoms in total. The number of nitrogens with one attached hydrogen (secondary N) is 1. The van der Waals surface area contributed by atoms with Crippen molar-refractivity contribution in [2.24, 2.45) is 0 Å². The van der Waals surface area contributed by atoms with Gasteiger partial charge in [0.25, 0.3) is 0 Å². The predicted molar refractivity (Wildman–Crippen MR) is 115 cm³/mol. The number of fused-ring (bicyclic) bond motifs is 1. The Morgan fingerprint density at radius 1 is 1.00 bits per heavy atom. The highest BCUT2D eigenvalue weighted by molar-refractivity contribution is 7.15. The number of rotatable bonds is 5. The van der Waals surface area contributed by atoms with E-state index >= 15 is 0 Å². The Kier molecular flexibility index (Phi) is 5.02. The third-order valence-electron chi connectivity index (χ3n) is 4.77. The number of hydrogen-bond donors (Lipinski definition) is 1. The van der Waals surface area contributed by atoms with Crippen LogP contribution in [0.4, 0.5) is 5.13 Å². The van der Waals surface area contributed by atoms with Crippen LogP contribution >= 0.6 is 11.3 Å². The van der Waals surface area contributed by atoms with Gasteiger partial charge in [-0.3, -0.25) is 0 Å². The fraction of sp³-hybridized carbons (Fsp3) is 0.348. The van der Waals surface area contributed by atoms with Crippen molar-refractivity contribution >= 4 is 16.5 Å². The van der Waals surface area contributed by atoms with Gasteiger partial charge in [-0.05, 0) is 30.2 Å². The molecule has 0 aliphatic carbocycles. The molecule has 0 unspecified atom stereocenters. The van der Waals surface area contributed by atoms with Crippen LogP contribution in [-0.4, -0.2) is 11.8 Å². The van der Waals surface area contributed by atoms with E-state index in [2.05, 4.69) is 69.4 Å². The summed E-state index contributed by atoms with van der Waals surface area (Å²) in [6.45, 7) is 9.84. The van der Waals surface area contributed by atoms with Crippen LogP contribution in [0, 0.1) is 6.92 Å². The summed E-state index contributed by atoms with van der Waals surface area (Å²) in [6.07, 6.45) is 0.840. The second-order valence-corrected chi connectivity index (χ2v) is 9.33. The van der Waals surface area contributed by atoms with Gasteiger partial charge in [0, 0.05) is 23.3 Å². The number of thiazole rings is 1. The van der Waals surface area contributed by atoms with Gasteiger partial charge in [0.2, 0.25) is 6.79 Å². The van der Waals surface area contributed by atoms with Crippen LogP contribution in [0.25, 0.3) is 0 Å². The summed E-state index contributed by atoms with van der Waals surface area (Å²) in [5.74, 6) is 1.65. The molecule has 0 fully saturated rings. The molecule has 0 saturated carbocycles. The van der Waals surface area contributed by atoms with E-state index < -0.39 is 0 Å². The Morgan fingerprint density at radius 3 is 2.46 bits per heavy atom. The summed E-state index contributed by atoms with van der Waals surface area (Å²) < 4.78 is 11.0. The zero-order chi connectivity index (χ0) is 19.7. The summed E-state index contributed by atoms with van der Waals surface area (Å²) in [5.41, 5.74) is 4.89. The molecule has 1 aliphatic heterocycles. The largest absolute Gasteiger partial charge is 0.454 e. The molecule has 28 heavy (non-hydrogen) atoms. The van der Waals surface area contributed by atoms with Gasteiger partial charge in [-0.25, -0.2) is 4.98 Å². The molecule has 5 heteroatoms. The van der Waals surface area contributed by atoms with Gasteiger partial charge in [-0.1, -0.05) is 56.7 Å². The lowest BCUT2D eigenvalue weighted by molar-refractivity contribution is 0.174. The number of nitrogens with zero attached hydrogens (tertiary/aromatic N) is 1. The van der Waals surface area contributed by atoms with Gasteiger partial charge in [0.05, 0.1) is 5.69 Å². The van der Waals surface area contributed by atoms with Crippen molar-refractivity contribution in [3.63, 3.8) is 0 Å². The molecule has 0 radical (unpaired) electrons. The maximum Gasteiger partial charge on any atom is 0.231 e. The monoisotopic (exact) mass is 394 g/mol. The van der Waals surface area contributed by atoms with E-state index in [9.17, 15) is 0 Å². The smallest absolute Gasteiger partial charge is 0.231 e. The summed E-state index contributed by atoms with van der Waals surface area (Å²) >= 11 is 1.74. The Bertz CT molecular complexity index is 971. The molecule has 0 saturated heterocycles. The molecule has 2 heterocycles. The van der Waals surface area contributed by atoms with Crippen molar-refractivity contribution in [2.75, 3.05) is 12.1 Å². The zero-order valence-corrected chi connectivity index (χ0v) is 17.7. The molecule has 1 aliphatic rings. The van der Waals surface area contributed by atoms with Crippen LogP contribution in [0.15, 0.2) is 42.5 Å². The number of hydrogen-bond acceptors (Lipinski definition) is 5. The molecule has 0 atom stereocenters. The van der Waals surface area contributed by atoms with E-state index in [0.29, 0.717) is 6.79 Å². The maximum absolute atomic E-state index is 5.53. The summed E-state index contributed by atoms with van der Waals surface area (Å²) in [4.78, 5) is 6.22. The minimum Gasteiger partial charge on any atom is -0.454 e. The molecular formula is C23H26N2O2S. The fourth-order valence-corrected chi connectivity index (χ4v) is 4.46. The number of aryl methyl sites for hydroxylation is 1. The quantitative estimate of drug-likeness (QED) is 0.604. The Labute approximate surface area is 170 Å². The zero-order valence-electron chi connectivity index (χ0n) is 16.8. The van der Waals surface area contributed by atoms with Crippen LogP contribution in [0.2, 0.25) is 0 Å². The molecule has 4 rings (SSSR count). The van der Waals surface area contributed by atoms with E-state index in [1.807, 2.05) is 6.07 Å². The highest BCUT2D eigenvalue weighted by Gasteiger charge is 2.24. The standard InChI is InChI=1S/C23H26N2O2S/c1-15-5-7-16(8-6-15)13-24-22-25-21(23(2,3)4)20(28-22)12-17-9-10-18-19(11-17)27-14-26-18/h5-11H,12-14H2,1-4H3,(H,24,25). The average molecular weight is 395 g/mol. The van der Waals surface area contributed by atoms with Gasteiger partial charge in [-0.2, -0.15) is 0 Å². The van der Waals surface area contributed by atoms with Gasteiger partial charge < -0.3 is 14.8 Å². The minimum atomic E-state index is -0.00798. The molecule has 1 N–H and O–H groups in total. The third kappa shape index (κ3) is 4.14. The first-order valence-corrected chi connectivity index (χ1v) is 10.4. The van der Waals surface area contributed by atoms with Gasteiger partial charge >= 0.3 is 0 Å². The predicted octanol–water partition coefficient (Wildman–Crippen LogP) is 5.68. The molecule has 2 aromatic carbocycles. The fourth-order valence-electron chi connectivity index (χ4n) is 3.25. The Balaban J connectivity index is 1.55. The van der Waals surface area contributed by atoms with E-state index in [-0.39, 0.29) is 5.41 Å². The summed E-state index contributed by atoms with van der Waals surface area (Å²) in [6, 6.07) is 14.8. The molecule has 0 spiro atoms. The normalized spacial score (nSPS) is 13.0. The molecule has 0 bridgehead atoms. The maximum atomic E-state index is 5.53. The third-order valence-corrected chi connectivity index (χ3v) is 5.79. The lowest BCUT2D eigenvalue weighted by Gasteiger charge is -2.17.